The summed E-state index contributed by atoms with van der Waals surface area (Å²) in [6.07, 6.45) is 9.79. The minimum atomic E-state index is -0.0384. The minimum Gasteiger partial charge on any atom is -0.464 e. The van der Waals surface area contributed by atoms with E-state index < -0.39 is 0 Å². The minimum absolute atomic E-state index is 0.0384. The van der Waals surface area contributed by atoms with Gasteiger partial charge in [-0.15, -0.1) is 0 Å². The van der Waals surface area contributed by atoms with Crippen molar-refractivity contribution in [3.8, 4) is 0 Å². The number of anilines is 1. The summed E-state index contributed by atoms with van der Waals surface area (Å²) in [5.41, 5.74) is 4.16. The van der Waals surface area contributed by atoms with Gasteiger partial charge in [0.15, 0.2) is 0 Å². The van der Waals surface area contributed by atoms with Crippen LogP contribution in [0.25, 0.3) is 11.0 Å². The molecule has 1 fully saturated rings. The Labute approximate surface area is 153 Å². The second-order valence-corrected chi connectivity index (χ2v) is 7.37. The Bertz CT molecular complexity index is 932. The topological polar surface area (TPSA) is 60.1 Å². The SMILES string of the molecule is Cc1cc2occ(CC(=O)Nc3ccnn3C3CCCCC3)c2cc1C. The van der Waals surface area contributed by atoms with Crippen LogP contribution in [0, 0.1) is 13.8 Å². The molecule has 0 unspecified atom stereocenters. The van der Waals surface area contributed by atoms with Crippen molar-refractivity contribution in [1.29, 1.82) is 0 Å². The third-order valence-electron chi connectivity index (χ3n) is 5.48. The van der Waals surface area contributed by atoms with Gasteiger partial charge in [0, 0.05) is 17.0 Å². The molecule has 136 valence electrons. The number of carbonyl (C=O) groups is 1. The van der Waals surface area contributed by atoms with Gasteiger partial charge in [-0.25, -0.2) is 4.68 Å². The van der Waals surface area contributed by atoms with E-state index in [1.54, 1.807) is 12.5 Å². The number of hydrogen-bond donors (Lipinski definition) is 1. The predicted molar refractivity (Wildman–Crippen MR) is 102 cm³/mol. The van der Waals surface area contributed by atoms with Gasteiger partial charge in [-0.2, -0.15) is 5.10 Å². The monoisotopic (exact) mass is 351 g/mol. The molecule has 0 bridgehead atoms. The average Bonchev–Trinajstić information content (AvgIpc) is 3.24. The predicted octanol–water partition coefficient (Wildman–Crippen LogP) is 4.93. The standard InChI is InChI=1S/C21H25N3O2/c1-14-10-18-16(13-26-19(18)11-15(14)2)12-21(25)23-20-8-9-22-24(20)17-6-4-3-5-7-17/h8-11,13,17H,3-7,12H2,1-2H3,(H,23,25). The summed E-state index contributed by atoms with van der Waals surface area (Å²) >= 11 is 0. The molecule has 2 aromatic heterocycles. The zero-order chi connectivity index (χ0) is 18.1. The van der Waals surface area contributed by atoms with E-state index in [1.165, 1.54) is 30.4 Å². The second kappa shape index (κ2) is 6.98. The molecule has 3 aromatic rings. The van der Waals surface area contributed by atoms with Gasteiger partial charge in [0.2, 0.25) is 5.91 Å². The maximum absolute atomic E-state index is 12.6. The first kappa shape index (κ1) is 16.9. The molecule has 1 aliphatic carbocycles. The molecular weight excluding hydrogens is 326 g/mol. The Hall–Kier alpha value is -2.56. The molecule has 4 rings (SSSR count). The summed E-state index contributed by atoms with van der Waals surface area (Å²) < 4.78 is 7.63. The molecular formula is C21H25N3O2. The number of nitrogens with zero attached hydrogens (tertiary/aromatic N) is 2. The van der Waals surface area contributed by atoms with Crippen molar-refractivity contribution in [3.63, 3.8) is 0 Å². The quantitative estimate of drug-likeness (QED) is 0.725. The lowest BCUT2D eigenvalue weighted by atomic mass is 9.96. The van der Waals surface area contributed by atoms with Gasteiger partial charge in [-0.1, -0.05) is 19.3 Å². The highest BCUT2D eigenvalue weighted by Gasteiger charge is 2.19. The van der Waals surface area contributed by atoms with Crippen molar-refractivity contribution in [2.75, 3.05) is 5.32 Å². The van der Waals surface area contributed by atoms with Gasteiger partial charge in [-0.05, 0) is 49.9 Å². The molecule has 0 atom stereocenters. The molecule has 0 spiro atoms. The third kappa shape index (κ3) is 3.26. The van der Waals surface area contributed by atoms with Crippen LogP contribution in [0.4, 0.5) is 5.82 Å². The van der Waals surface area contributed by atoms with Crippen LogP contribution >= 0.6 is 0 Å². The smallest absolute Gasteiger partial charge is 0.230 e. The van der Waals surface area contributed by atoms with E-state index in [-0.39, 0.29) is 5.91 Å². The number of rotatable bonds is 4. The molecule has 26 heavy (non-hydrogen) atoms. The number of furan rings is 1. The normalized spacial score (nSPS) is 15.5. The number of fused-ring (bicyclic) bond motifs is 1. The highest BCUT2D eigenvalue weighted by Crippen LogP contribution is 2.30. The van der Waals surface area contributed by atoms with Crippen LogP contribution in [0.5, 0.6) is 0 Å². The lowest BCUT2D eigenvalue weighted by Crippen LogP contribution is -2.21. The fourth-order valence-corrected chi connectivity index (χ4v) is 3.86. The first-order chi connectivity index (χ1) is 12.6. The molecule has 1 N–H and O–H groups in total. The number of nitrogens with one attached hydrogen (secondary N) is 1. The molecule has 0 saturated heterocycles. The summed E-state index contributed by atoms with van der Waals surface area (Å²) in [5.74, 6) is 0.755. The number of benzene rings is 1. The maximum Gasteiger partial charge on any atom is 0.230 e. The average molecular weight is 351 g/mol. The van der Waals surface area contributed by atoms with Gasteiger partial charge in [0.1, 0.15) is 11.4 Å². The van der Waals surface area contributed by atoms with E-state index in [2.05, 4.69) is 30.3 Å². The summed E-state index contributed by atoms with van der Waals surface area (Å²) in [6.45, 7) is 4.14. The van der Waals surface area contributed by atoms with Crippen molar-refractivity contribution in [2.24, 2.45) is 0 Å². The fourth-order valence-electron chi connectivity index (χ4n) is 3.86. The Balaban J connectivity index is 1.50. The Morgan fingerprint density at radius 2 is 2.00 bits per heavy atom. The maximum atomic E-state index is 12.6. The Morgan fingerprint density at radius 1 is 1.23 bits per heavy atom. The van der Waals surface area contributed by atoms with Gasteiger partial charge < -0.3 is 9.73 Å². The summed E-state index contributed by atoms with van der Waals surface area (Å²) in [4.78, 5) is 12.6. The molecule has 5 heteroatoms. The van der Waals surface area contributed by atoms with E-state index in [4.69, 9.17) is 4.42 Å². The number of amides is 1. The van der Waals surface area contributed by atoms with E-state index in [0.29, 0.717) is 12.5 Å². The zero-order valence-corrected chi connectivity index (χ0v) is 15.4. The van der Waals surface area contributed by atoms with Crippen LogP contribution in [0.15, 0.2) is 35.1 Å². The van der Waals surface area contributed by atoms with Crippen molar-refractivity contribution in [2.45, 2.75) is 58.4 Å². The second-order valence-electron chi connectivity index (χ2n) is 7.37. The first-order valence-corrected chi connectivity index (χ1v) is 9.42. The molecule has 2 heterocycles. The molecule has 1 aromatic carbocycles. The van der Waals surface area contributed by atoms with Crippen LogP contribution in [-0.4, -0.2) is 15.7 Å². The molecule has 1 saturated carbocycles. The van der Waals surface area contributed by atoms with Crippen molar-refractivity contribution >= 4 is 22.7 Å². The third-order valence-corrected chi connectivity index (χ3v) is 5.48. The van der Waals surface area contributed by atoms with E-state index in [0.717, 1.165) is 35.2 Å². The highest BCUT2D eigenvalue weighted by atomic mass is 16.3. The molecule has 1 amide bonds. The van der Waals surface area contributed by atoms with Gasteiger partial charge in [-0.3, -0.25) is 4.79 Å². The van der Waals surface area contributed by atoms with E-state index in [9.17, 15) is 4.79 Å². The van der Waals surface area contributed by atoms with Crippen LogP contribution in [0.2, 0.25) is 0 Å². The first-order valence-electron chi connectivity index (χ1n) is 9.42. The van der Waals surface area contributed by atoms with E-state index >= 15 is 0 Å². The summed E-state index contributed by atoms with van der Waals surface area (Å²) in [5, 5.41) is 8.50. The number of hydrogen-bond acceptors (Lipinski definition) is 3. The largest absolute Gasteiger partial charge is 0.464 e. The van der Waals surface area contributed by atoms with Gasteiger partial charge >= 0.3 is 0 Å². The van der Waals surface area contributed by atoms with Crippen LogP contribution in [-0.2, 0) is 11.2 Å². The molecule has 0 aliphatic heterocycles. The van der Waals surface area contributed by atoms with Crippen molar-refractivity contribution < 1.29 is 9.21 Å². The lowest BCUT2D eigenvalue weighted by Gasteiger charge is -2.23. The van der Waals surface area contributed by atoms with Gasteiger partial charge in [0.05, 0.1) is 24.9 Å². The van der Waals surface area contributed by atoms with Crippen LogP contribution < -0.4 is 5.32 Å². The van der Waals surface area contributed by atoms with Crippen molar-refractivity contribution in [3.05, 3.63) is 47.3 Å². The lowest BCUT2D eigenvalue weighted by molar-refractivity contribution is -0.115. The fraction of sp³-hybridized carbons (Fsp3) is 0.429. The van der Waals surface area contributed by atoms with E-state index in [1.807, 2.05) is 16.8 Å². The molecule has 5 nitrogen and oxygen atoms in total. The number of carbonyl (C=O) groups excluding carboxylic acids is 1. The number of aromatic nitrogens is 2. The van der Waals surface area contributed by atoms with Gasteiger partial charge in [0.25, 0.3) is 0 Å². The summed E-state index contributed by atoms with van der Waals surface area (Å²) in [6, 6.07) is 6.41. The zero-order valence-electron chi connectivity index (χ0n) is 15.4. The van der Waals surface area contributed by atoms with Crippen molar-refractivity contribution in [1.82, 2.24) is 9.78 Å². The highest BCUT2D eigenvalue weighted by molar-refractivity contribution is 5.95. The van der Waals surface area contributed by atoms with Crippen LogP contribution in [0.3, 0.4) is 0 Å². The number of aryl methyl sites for hydroxylation is 2. The summed E-state index contributed by atoms with van der Waals surface area (Å²) in [7, 11) is 0. The molecule has 0 radical (unpaired) electrons. The molecule has 1 aliphatic rings. The Morgan fingerprint density at radius 3 is 2.81 bits per heavy atom. The Kier molecular flexibility index (Phi) is 4.53. The van der Waals surface area contributed by atoms with Crippen LogP contribution in [0.1, 0.15) is 54.8 Å².